The number of carbonyl (C=O) groups excluding carboxylic acids is 1. The van der Waals surface area contributed by atoms with E-state index in [1.807, 2.05) is 42.5 Å². The molecule has 20 heavy (non-hydrogen) atoms. The van der Waals surface area contributed by atoms with Crippen LogP contribution in [0.3, 0.4) is 0 Å². The van der Waals surface area contributed by atoms with Crippen molar-refractivity contribution in [3.63, 3.8) is 0 Å². The van der Waals surface area contributed by atoms with E-state index in [-0.39, 0.29) is 12.2 Å². The van der Waals surface area contributed by atoms with Gasteiger partial charge in [-0.25, -0.2) is 4.39 Å². The Morgan fingerprint density at radius 2 is 1.80 bits per heavy atom. The van der Waals surface area contributed by atoms with Crippen molar-refractivity contribution in [2.45, 2.75) is 6.42 Å². The molecular weight excluding hydrogens is 253 g/mol. The number of nitrogens with zero attached hydrogens (tertiary/aromatic N) is 1. The zero-order valence-electron chi connectivity index (χ0n) is 10.7. The monoisotopic (exact) mass is 265 g/mol. The van der Waals surface area contributed by atoms with Crippen molar-refractivity contribution in [2.75, 3.05) is 0 Å². The highest BCUT2D eigenvalue weighted by molar-refractivity contribution is 5.98. The van der Waals surface area contributed by atoms with Crippen LogP contribution in [0.5, 0.6) is 0 Å². The fraction of sp³-hybridized carbons (Fsp3) is 0.0588. The predicted octanol–water partition coefficient (Wildman–Crippen LogP) is 3.80. The molecule has 0 N–H and O–H groups in total. The lowest BCUT2D eigenvalue weighted by Gasteiger charge is -2.05. The SMILES string of the molecule is O=C(Cc1cccc2ccccc12)c1ccc(F)cn1. The van der Waals surface area contributed by atoms with Gasteiger partial charge in [-0.1, -0.05) is 42.5 Å². The average Bonchev–Trinajstić information content (AvgIpc) is 2.48. The molecule has 1 aromatic heterocycles. The van der Waals surface area contributed by atoms with Crippen molar-refractivity contribution in [1.82, 2.24) is 4.98 Å². The molecule has 1 heterocycles. The summed E-state index contributed by atoms with van der Waals surface area (Å²) in [6, 6.07) is 16.5. The highest BCUT2D eigenvalue weighted by Gasteiger charge is 2.10. The zero-order valence-corrected chi connectivity index (χ0v) is 10.7. The molecule has 0 aliphatic carbocycles. The highest BCUT2D eigenvalue weighted by Crippen LogP contribution is 2.19. The molecule has 0 saturated carbocycles. The largest absolute Gasteiger partial charge is 0.292 e. The van der Waals surface area contributed by atoms with E-state index in [1.165, 1.54) is 12.1 Å². The summed E-state index contributed by atoms with van der Waals surface area (Å²) >= 11 is 0. The molecule has 0 saturated heterocycles. The maximum absolute atomic E-state index is 12.8. The number of pyridine rings is 1. The lowest BCUT2D eigenvalue weighted by atomic mass is 9.99. The van der Waals surface area contributed by atoms with Crippen LogP contribution in [0.15, 0.2) is 60.8 Å². The van der Waals surface area contributed by atoms with Gasteiger partial charge in [0, 0.05) is 6.42 Å². The summed E-state index contributed by atoms with van der Waals surface area (Å²) in [6.07, 6.45) is 1.33. The Balaban J connectivity index is 1.93. The first kappa shape index (κ1) is 12.5. The van der Waals surface area contributed by atoms with Gasteiger partial charge in [0.1, 0.15) is 11.5 Å². The molecule has 0 radical (unpaired) electrons. The second-order valence-electron chi connectivity index (χ2n) is 4.60. The van der Waals surface area contributed by atoms with Crippen LogP contribution < -0.4 is 0 Å². The molecule has 0 bridgehead atoms. The Labute approximate surface area is 115 Å². The number of rotatable bonds is 3. The first-order valence-electron chi connectivity index (χ1n) is 6.35. The minimum Gasteiger partial charge on any atom is -0.292 e. The van der Waals surface area contributed by atoms with Crippen molar-refractivity contribution in [3.8, 4) is 0 Å². The van der Waals surface area contributed by atoms with Gasteiger partial charge in [-0.2, -0.15) is 0 Å². The Kier molecular flexibility index (Phi) is 3.25. The summed E-state index contributed by atoms with van der Waals surface area (Å²) in [5.41, 5.74) is 1.25. The fourth-order valence-electron chi connectivity index (χ4n) is 2.25. The number of hydrogen-bond acceptors (Lipinski definition) is 2. The van der Waals surface area contributed by atoms with Crippen LogP contribution in [0, 0.1) is 5.82 Å². The summed E-state index contributed by atoms with van der Waals surface area (Å²) in [7, 11) is 0. The first-order chi connectivity index (χ1) is 9.74. The molecule has 0 aliphatic heterocycles. The van der Waals surface area contributed by atoms with Crippen molar-refractivity contribution in [3.05, 3.63) is 77.9 Å². The van der Waals surface area contributed by atoms with Crippen LogP contribution in [0.1, 0.15) is 16.1 Å². The average molecular weight is 265 g/mol. The van der Waals surface area contributed by atoms with E-state index in [1.54, 1.807) is 0 Å². The van der Waals surface area contributed by atoms with Crippen LogP contribution in [-0.4, -0.2) is 10.8 Å². The van der Waals surface area contributed by atoms with Gasteiger partial charge in [-0.3, -0.25) is 9.78 Å². The number of fused-ring (bicyclic) bond motifs is 1. The summed E-state index contributed by atoms with van der Waals surface area (Å²) in [6.45, 7) is 0. The van der Waals surface area contributed by atoms with E-state index >= 15 is 0 Å². The molecule has 3 aromatic rings. The van der Waals surface area contributed by atoms with Crippen LogP contribution >= 0.6 is 0 Å². The molecule has 0 spiro atoms. The zero-order chi connectivity index (χ0) is 13.9. The number of hydrogen-bond donors (Lipinski definition) is 0. The summed E-state index contributed by atoms with van der Waals surface area (Å²) in [5.74, 6) is -0.548. The van der Waals surface area contributed by atoms with Crippen LogP contribution in [-0.2, 0) is 6.42 Å². The Hall–Kier alpha value is -2.55. The smallest absolute Gasteiger partial charge is 0.185 e. The van der Waals surface area contributed by atoms with Crippen molar-refractivity contribution in [2.24, 2.45) is 0 Å². The quantitative estimate of drug-likeness (QED) is 0.674. The highest BCUT2D eigenvalue weighted by atomic mass is 19.1. The Morgan fingerprint density at radius 3 is 2.60 bits per heavy atom. The molecule has 3 heteroatoms. The Morgan fingerprint density at radius 1 is 1.00 bits per heavy atom. The molecule has 2 aromatic carbocycles. The number of ketones is 1. The van der Waals surface area contributed by atoms with Gasteiger partial charge < -0.3 is 0 Å². The number of aromatic nitrogens is 1. The fourth-order valence-corrected chi connectivity index (χ4v) is 2.25. The minimum atomic E-state index is -0.438. The van der Waals surface area contributed by atoms with Crippen LogP contribution in [0.2, 0.25) is 0 Å². The maximum atomic E-state index is 12.8. The number of benzene rings is 2. The normalized spacial score (nSPS) is 10.7. The lowest BCUT2D eigenvalue weighted by molar-refractivity contribution is 0.0988. The van der Waals surface area contributed by atoms with Crippen LogP contribution in [0.4, 0.5) is 4.39 Å². The molecular formula is C17H12FNO. The minimum absolute atomic E-state index is 0.110. The molecule has 3 rings (SSSR count). The van der Waals surface area contributed by atoms with Gasteiger partial charge in [0.2, 0.25) is 0 Å². The second-order valence-corrected chi connectivity index (χ2v) is 4.60. The van der Waals surface area contributed by atoms with Gasteiger partial charge >= 0.3 is 0 Å². The standard InChI is InChI=1S/C17H12FNO/c18-14-8-9-16(19-11-14)17(20)10-13-6-3-5-12-4-1-2-7-15(12)13/h1-9,11H,10H2. The molecule has 2 nitrogen and oxygen atoms in total. The van der Waals surface area contributed by atoms with E-state index in [9.17, 15) is 9.18 Å². The molecule has 0 aliphatic rings. The molecule has 0 fully saturated rings. The molecule has 0 amide bonds. The van der Waals surface area contributed by atoms with E-state index < -0.39 is 5.82 Å². The van der Waals surface area contributed by atoms with Gasteiger partial charge in [-0.15, -0.1) is 0 Å². The maximum Gasteiger partial charge on any atom is 0.185 e. The van der Waals surface area contributed by atoms with E-state index in [0.29, 0.717) is 5.69 Å². The summed E-state index contributed by atoms with van der Waals surface area (Å²) in [4.78, 5) is 16.0. The summed E-state index contributed by atoms with van der Waals surface area (Å²) in [5, 5.41) is 2.16. The van der Waals surface area contributed by atoms with E-state index in [2.05, 4.69) is 4.98 Å². The summed E-state index contributed by atoms with van der Waals surface area (Å²) < 4.78 is 12.8. The molecule has 0 atom stereocenters. The van der Waals surface area contributed by atoms with E-state index in [4.69, 9.17) is 0 Å². The van der Waals surface area contributed by atoms with Crippen molar-refractivity contribution >= 4 is 16.6 Å². The predicted molar refractivity (Wildman–Crippen MR) is 76.2 cm³/mol. The Bertz CT molecular complexity index is 760. The van der Waals surface area contributed by atoms with Crippen molar-refractivity contribution in [1.29, 1.82) is 0 Å². The lowest BCUT2D eigenvalue weighted by Crippen LogP contribution is -2.06. The van der Waals surface area contributed by atoms with E-state index in [0.717, 1.165) is 22.5 Å². The molecule has 0 unspecified atom stereocenters. The van der Waals surface area contributed by atoms with Crippen molar-refractivity contribution < 1.29 is 9.18 Å². The topological polar surface area (TPSA) is 30.0 Å². The second kappa shape index (κ2) is 5.21. The van der Waals surface area contributed by atoms with Gasteiger partial charge in [0.15, 0.2) is 5.78 Å². The van der Waals surface area contributed by atoms with Gasteiger partial charge in [0.25, 0.3) is 0 Å². The first-order valence-corrected chi connectivity index (χ1v) is 6.35. The third-order valence-corrected chi connectivity index (χ3v) is 3.24. The number of carbonyl (C=O) groups is 1. The van der Waals surface area contributed by atoms with Gasteiger partial charge in [-0.05, 0) is 28.5 Å². The third-order valence-electron chi connectivity index (χ3n) is 3.24. The number of halogens is 1. The molecule has 98 valence electrons. The van der Waals surface area contributed by atoms with Gasteiger partial charge in [0.05, 0.1) is 6.20 Å². The third kappa shape index (κ3) is 2.43. The number of Topliss-reactive ketones (excluding diaryl/α,β-unsaturated/α-hetero) is 1. The van der Waals surface area contributed by atoms with Crippen LogP contribution in [0.25, 0.3) is 10.8 Å².